The predicted molar refractivity (Wildman–Crippen MR) is 101 cm³/mol. The number of benzene rings is 2. The molecule has 0 bridgehead atoms. The second kappa shape index (κ2) is 8.65. The quantitative estimate of drug-likeness (QED) is 0.811. The summed E-state index contributed by atoms with van der Waals surface area (Å²) in [7, 11) is 0. The van der Waals surface area contributed by atoms with Crippen molar-refractivity contribution in [1.29, 1.82) is 0 Å². The summed E-state index contributed by atoms with van der Waals surface area (Å²) in [5, 5.41) is 3.00. The number of amides is 1. The predicted octanol–water partition coefficient (Wildman–Crippen LogP) is 4.54. The first-order valence-electron chi connectivity index (χ1n) is 8.61. The Bertz CT molecular complexity index is 665. The molecule has 0 aliphatic rings. The van der Waals surface area contributed by atoms with E-state index >= 15 is 0 Å². The van der Waals surface area contributed by atoms with Crippen LogP contribution in [0.25, 0.3) is 0 Å². The van der Waals surface area contributed by atoms with Gasteiger partial charge in [-0.2, -0.15) is 0 Å². The van der Waals surface area contributed by atoms with Crippen LogP contribution in [0.2, 0.25) is 0 Å². The van der Waals surface area contributed by atoms with Crippen LogP contribution in [0.4, 0.5) is 5.69 Å². The van der Waals surface area contributed by atoms with Crippen molar-refractivity contribution in [2.45, 2.75) is 46.7 Å². The summed E-state index contributed by atoms with van der Waals surface area (Å²) in [5.74, 6) is 0.0666. The Morgan fingerprint density at radius 2 is 1.75 bits per heavy atom. The molecule has 0 unspecified atom stereocenters. The smallest absolute Gasteiger partial charge is 0.225 e. The second-order valence-corrected chi connectivity index (χ2v) is 6.65. The Balaban J connectivity index is 1.89. The minimum atomic E-state index is 0.0666. The first-order valence-corrected chi connectivity index (χ1v) is 8.61. The Labute approximate surface area is 145 Å². The van der Waals surface area contributed by atoms with Crippen LogP contribution in [0.5, 0.6) is 0 Å². The fourth-order valence-corrected chi connectivity index (χ4v) is 2.63. The van der Waals surface area contributed by atoms with Crippen LogP contribution in [-0.2, 0) is 11.3 Å². The lowest BCUT2D eigenvalue weighted by Gasteiger charge is -2.26. The van der Waals surface area contributed by atoms with Crippen LogP contribution in [0.15, 0.2) is 48.5 Å². The number of nitrogens with one attached hydrogen (secondary N) is 1. The molecule has 2 aromatic rings. The van der Waals surface area contributed by atoms with Crippen LogP contribution < -0.4 is 5.32 Å². The lowest BCUT2D eigenvalue weighted by molar-refractivity contribution is -0.116. The molecule has 0 spiro atoms. The topological polar surface area (TPSA) is 32.3 Å². The van der Waals surface area contributed by atoms with E-state index < -0.39 is 0 Å². The highest BCUT2D eigenvalue weighted by molar-refractivity contribution is 5.90. The van der Waals surface area contributed by atoms with Crippen molar-refractivity contribution in [3.05, 3.63) is 65.2 Å². The highest BCUT2D eigenvalue weighted by atomic mass is 16.1. The molecule has 24 heavy (non-hydrogen) atoms. The number of nitrogens with zero attached hydrogens (tertiary/aromatic N) is 1. The minimum Gasteiger partial charge on any atom is -0.326 e. The van der Waals surface area contributed by atoms with Crippen molar-refractivity contribution in [3.8, 4) is 0 Å². The number of aryl methyl sites for hydroxylation is 2. The van der Waals surface area contributed by atoms with Gasteiger partial charge in [-0.1, -0.05) is 36.4 Å². The zero-order chi connectivity index (χ0) is 17.5. The maximum Gasteiger partial charge on any atom is 0.225 e. The molecule has 3 heteroatoms. The van der Waals surface area contributed by atoms with Crippen molar-refractivity contribution >= 4 is 11.6 Å². The number of hydrogen-bond donors (Lipinski definition) is 1. The Morgan fingerprint density at radius 1 is 1.04 bits per heavy atom. The van der Waals surface area contributed by atoms with E-state index in [-0.39, 0.29) is 5.91 Å². The van der Waals surface area contributed by atoms with Gasteiger partial charge in [-0.05, 0) is 56.5 Å². The molecule has 0 aliphatic carbocycles. The van der Waals surface area contributed by atoms with Gasteiger partial charge in [0.25, 0.3) is 0 Å². The van der Waals surface area contributed by atoms with E-state index in [9.17, 15) is 4.79 Å². The average Bonchev–Trinajstić information content (AvgIpc) is 2.55. The van der Waals surface area contributed by atoms with Gasteiger partial charge in [0.05, 0.1) is 0 Å². The molecule has 0 aromatic heterocycles. The van der Waals surface area contributed by atoms with E-state index in [1.54, 1.807) is 0 Å². The standard InChI is InChI=1S/C21H28N2O/c1-16(2)23(15-19-8-6-5-7-9-19)13-12-21(24)22-20-11-10-17(3)18(4)14-20/h5-11,14,16H,12-13,15H2,1-4H3,(H,22,24). The molecule has 3 nitrogen and oxygen atoms in total. The number of anilines is 1. The van der Waals surface area contributed by atoms with Crippen molar-refractivity contribution in [1.82, 2.24) is 4.90 Å². The lowest BCUT2D eigenvalue weighted by atomic mass is 10.1. The Kier molecular flexibility index (Phi) is 6.56. The van der Waals surface area contributed by atoms with Gasteiger partial charge in [0, 0.05) is 31.2 Å². The molecule has 1 amide bonds. The van der Waals surface area contributed by atoms with Gasteiger partial charge >= 0.3 is 0 Å². The first-order chi connectivity index (χ1) is 11.5. The maximum absolute atomic E-state index is 12.3. The molecule has 0 radical (unpaired) electrons. The SMILES string of the molecule is Cc1ccc(NC(=O)CCN(Cc2ccccc2)C(C)C)cc1C. The third kappa shape index (κ3) is 5.50. The molecule has 0 atom stereocenters. The third-order valence-corrected chi connectivity index (χ3v) is 4.38. The monoisotopic (exact) mass is 324 g/mol. The van der Waals surface area contributed by atoms with Crippen LogP contribution in [0.1, 0.15) is 37.0 Å². The summed E-state index contributed by atoms with van der Waals surface area (Å²) in [6.45, 7) is 10.1. The summed E-state index contributed by atoms with van der Waals surface area (Å²) in [5.41, 5.74) is 4.59. The third-order valence-electron chi connectivity index (χ3n) is 4.38. The molecule has 0 heterocycles. The van der Waals surface area contributed by atoms with Gasteiger partial charge in [0.1, 0.15) is 0 Å². The fourth-order valence-electron chi connectivity index (χ4n) is 2.63. The molecule has 1 N–H and O–H groups in total. The Morgan fingerprint density at radius 3 is 2.38 bits per heavy atom. The summed E-state index contributed by atoms with van der Waals surface area (Å²) < 4.78 is 0. The summed E-state index contributed by atoms with van der Waals surface area (Å²) in [4.78, 5) is 14.6. The van der Waals surface area contributed by atoms with E-state index in [1.165, 1.54) is 16.7 Å². The zero-order valence-corrected chi connectivity index (χ0v) is 15.2. The first kappa shape index (κ1) is 18.2. The number of rotatable bonds is 7. The molecule has 2 aromatic carbocycles. The van der Waals surface area contributed by atoms with E-state index in [1.807, 2.05) is 24.3 Å². The second-order valence-electron chi connectivity index (χ2n) is 6.65. The largest absolute Gasteiger partial charge is 0.326 e. The highest BCUT2D eigenvalue weighted by Crippen LogP contribution is 2.15. The number of carbonyl (C=O) groups is 1. The molecule has 0 saturated heterocycles. The van der Waals surface area contributed by atoms with E-state index in [4.69, 9.17) is 0 Å². The lowest BCUT2D eigenvalue weighted by Crippen LogP contribution is -2.33. The molecule has 0 saturated carbocycles. The molecule has 128 valence electrons. The summed E-state index contributed by atoms with van der Waals surface area (Å²) >= 11 is 0. The maximum atomic E-state index is 12.3. The number of hydrogen-bond acceptors (Lipinski definition) is 2. The summed E-state index contributed by atoms with van der Waals surface area (Å²) in [6, 6.07) is 16.8. The molecule has 0 fully saturated rings. The van der Waals surface area contributed by atoms with Crippen molar-refractivity contribution in [2.24, 2.45) is 0 Å². The van der Waals surface area contributed by atoms with Gasteiger partial charge in [0.2, 0.25) is 5.91 Å². The van der Waals surface area contributed by atoms with Crippen molar-refractivity contribution in [3.63, 3.8) is 0 Å². The van der Waals surface area contributed by atoms with Crippen molar-refractivity contribution in [2.75, 3.05) is 11.9 Å². The van der Waals surface area contributed by atoms with Crippen LogP contribution >= 0.6 is 0 Å². The Hall–Kier alpha value is -2.13. The van der Waals surface area contributed by atoms with Crippen LogP contribution in [-0.4, -0.2) is 23.4 Å². The normalized spacial score (nSPS) is 11.1. The molecule has 2 rings (SSSR count). The van der Waals surface area contributed by atoms with Gasteiger partial charge in [-0.3, -0.25) is 9.69 Å². The highest BCUT2D eigenvalue weighted by Gasteiger charge is 2.12. The van der Waals surface area contributed by atoms with Crippen LogP contribution in [0.3, 0.4) is 0 Å². The van der Waals surface area contributed by atoms with Crippen molar-refractivity contribution < 1.29 is 4.79 Å². The minimum absolute atomic E-state index is 0.0666. The van der Waals surface area contributed by atoms with E-state index in [0.717, 1.165) is 18.8 Å². The van der Waals surface area contributed by atoms with Gasteiger partial charge in [-0.15, -0.1) is 0 Å². The summed E-state index contributed by atoms with van der Waals surface area (Å²) in [6.07, 6.45) is 0.498. The zero-order valence-electron chi connectivity index (χ0n) is 15.2. The van der Waals surface area contributed by atoms with E-state index in [0.29, 0.717) is 12.5 Å². The van der Waals surface area contributed by atoms with Gasteiger partial charge in [-0.25, -0.2) is 0 Å². The van der Waals surface area contributed by atoms with Gasteiger partial charge < -0.3 is 5.32 Å². The average molecular weight is 324 g/mol. The van der Waals surface area contributed by atoms with Crippen LogP contribution in [0, 0.1) is 13.8 Å². The van der Waals surface area contributed by atoms with Gasteiger partial charge in [0.15, 0.2) is 0 Å². The molecular formula is C21H28N2O. The molecule has 0 aliphatic heterocycles. The molecular weight excluding hydrogens is 296 g/mol. The fraction of sp³-hybridized carbons (Fsp3) is 0.381. The van der Waals surface area contributed by atoms with E-state index in [2.05, 4.69) is 62.2 Å². The number of carbonyl (C=O) groups excluding carboxylic acids is 1.